The number of hydrogen-bond donors (Lipinski definition) is 1. The van der Waals surface area contributed by atoms with Gasteiger partial charge >= 0.3 is 0 Å². The smallest absolute Gasteiger partial charge is 0.238 e. The van der Waals surface area contributed by atoms with E-state index in [9.17, 15) is 0 Å². The molecule has 0 spiro atoms. The Bertz CT molecular complexity index is 8370. The maximum atomic E-state index is 5.09. The third-order valence-electron chi connectivity index (χ3n) is 24.6. The first kappa shape index (κ1) is 81.9. The van der Waals surface area contributed by atoms with E-state index in [4.69, 9.17) is 29.9 Å². The van der Waals surface area contributed by atoms with Crippen molar-refractivity contribution in [3.8, 4) is 108 Å². The summed E-state index contributed by atoms with van der Waals surface area (Å²) in [6.45, 7) is 0. The van der Waals surface area contributed by atoms with Gasteiger partial charge in [0, 0.05) is 165 Å². The number of pyridine rings is 5. The highest BCUT2D eigenvalue weighted by Gasteiger charge is 2.24. The minimum atomic E-state index is 0.619. The second kappa shape index (κ2) is 36.1. The minimum absolute atomic E-state index is 0.619. The van der Waals surface area contributed by atoms with Crippen LogP contribution in [0.15, 0.2) is 453 Å². The van der Waals surface area contributed by atoms with Gasteiger partial charge in [-0.05, 0) is 190 Å². The van der Waals surface area contributed by atoms with Gasteiger partial charge < -0.3 is 9.55 Å². The van der Waals surface area contributed by atoms with Gasteiger partial charge in [0.25, 0.3) is 0 Å². The van der Waals surface area contributed by atoms with Crippen molar-refractivity contribution in [1.29, 1.82) is 0 Å². The van der Waals surface area contributed by atoms with Gasteiger partial charge in [0.1, 0.15) is 0 Å². The number of fused-ring (bicyclic) bond motifs is 20. The van der Waals surface area contributed by atoms with Gasteiger partial charge in [-0.25, -0.2) is 19.9 Å². The third kappa shape index (κ3) is 15.6. The SMILES string of the molecule is c1ccc(-c2cc(-c3ccccc3)nc(-n3c4ccccc4c4c5ccsc5ccc43)n2)cc1.c1ccc(-c2cc(-n3c4ccccc4c4c5ccsc5ccc43)cc(-c3ccccn3)n2)nc1.c1ccc(-c2nc(-c3ccccc3)nc(-n3c4ccccc4c4c5ccsc5ccc43)n2)cc1.c1ccc2c(c1)[nH]c1ccc3sccc3c12.c1cncc(-c2cccc(-c3cccnc3)c2)c1. The largest absolute Gasteiger partial charge is 0.354 e. The molecule has 15 heterocycles. The van der Waals surface area contributed by atoms with Crippen LogP contribution >= 0.6 is 45.3 Å². The van der Waals surface area contributed by atoms with E-state index < -0.39 is 0 Å². The molecule has 1 N–H and O–H groups in total. The normalized spacial score (nSPS) is 11.4. The average molecular weight is 1820 g/mol. The van der Waals surface area contributed by atoms with Gasteiger partial charge in [-0.1, -0.05) is 237 Å². The fourth-order valence-electron chi connectivity index (χ4n) is 18.5. The molecule has 13 aromatic carbocycles. The van der Waals surface area contributed by atoms with E-state index in [1.165, 1.54) is 117 Å². The number of aromatic nitrogens is 14. The van der Waals surface area contributed by atoms with Crippen LogP contribution in [-0.2, 0) is 0 Å². The predicted molar refractivity (Wildman–Crippen MR) is 568 cm³/mol. The molecular formula is C118H76N14S4. The summed E-state index contributed by atoms with van der Waals surface area (Å²) in [4.78, 5) is 50.9. The molecule has 0 unspecified atom stereocenters. The molecule has 15 aromatic heterocycles. The molecule has 0 bridgehead atoms. The van der Waals surface area contributed by atoms with E-state index >= 15 is 0 Å². The van der Waals surface area contributed by atoms with E-state index in [1.807, 2.05) is 158 Å². The zero-order valence-corrected chi connectivity index (χ0v) is 76.0. The van der Waals surface area contributed by atoms with Crippen LogP contribution in [0.4, 0.5) is 0 Å². The number of thiophene rings is 4. The van der Waals surface area contributed by atoms with Crippen LogP contribution in [0.5, 0.6) is 0 Å². The summed E-state index contributed by atoms with van der Waals surface area (Å²) in [5, 5.41) is 23.9. The fraction of sp³-hybridized carbons (Fsp3) is 0. The lowest BCUT2D eigenvalue weighted by Crippen LogP contribution is -2.06. The van der Waals surface area contributed by atoms with Crippen LogP contribution in [0.3, 0.4) is 0 Å². The Hall–Kier alpha value is -17.3. The van der Waals surface area contributed by atoms with Crippen molar-refractivity contribution in [2.75, 3.05) is 0 Å². The molecule has 0 fully saturated rings. The van der Waals surface area contributed by atoms with E-state index in [1.54, 1.807) is 70.1 Å². The number of rotatable bonds is 11. The lowest BCUT2D eigenvalue weighted by molar-refractivity contribution is 0.953. The van der Waals surface area contributed by atoms with Crippen molar-refractivity contribution >= 4 is 173 Å². The molecule has 18 heteroatoms. The van der Waals surface area contributed by atoms with E-state index in [0.717, 1.165) is 95.3 Å². The van der Waals surface area contributed by atoms with E-state index in [-0.39, 0.29) is 0 Å². The van der Waals surface area contributed by atoms with Crippen molar-refractivity contribution in [3.63, 3.8) is 0 Å². The number of nitrogens with one attached hydrogen (secondary N) is 1. The predicted octanol–water partition coefficient (Wildman–Crippen LogP) is 31.5. The summed E-state index contributed by atoms with van der Waals surface area (Å²) in [5.41, 5.74) is 24.0. The second-order valence-electron chi connectivity index (χ2n) is 32.7. The van der Waals surface area contributed by atoms with Crippen LogP contribution in [0, 0.1) is 0 Å². The van der Waals surface area contributed by atoms with Crippen molar-refractivity contribution < 1.29 is 0 Å². The molecule has 0 radical (unpaired) electrons. The molecule has 136 heavy (non-hydrogen) atoms. The van der Waals surface area contributed by atoms with Gasteiger partial charge in [0.05, 0.1) is 73.0 Å². The Kier molecular flexibility index (Phi) is 21.8. The number of hydrogen-bond acceptors (Lipinski definition) is 14. The summed E-state index contributed by atoms with van der Waals surface area (Å²) in [6, 6.07) is 136. The molecule has 14 nitrogen and oxygen atoms in total. The van der Waals surface area contributed by atoms with Gasteiger partial charge in [0.2, 0.25) is 11.9 Å². The van der Waals surface area contributed by atoms with Gasteiger partial charge in [-0.2, -0.15) is 9.97 Å². The first-order valence-corrected chi connectivity index (χ1v) is 48.2. The first-order chi connectivity index (χ1) is 67.5. The van der Waals surface area contributed by atoms with E-state index in [2.05, 4.69) is 309 Å². The maximum Gasteiger partial charge on any atom is 0.238 e. The molecule has 642 valence electrons. The molecule has 0 atom stereocenters. The van der Waals surface area contributed by atoms with E-state index in [0.29, 0.717) is 23.5 Å². The monoisotopic (exact) mass is 1820 g/mol. The van der Waals surface area contributed by atoms with Crippen LogP contribution in [0.25, 0.3) is 235 Å². The zero-order chi connectivity index (χ0) is 90.2. The summed E-state index contributed by atoms with van der Waals surface area (Å²) >= 11 is 7.12. The molecule has 0 amide bonds. The van der Waals surface area contributed by atoms with Gasteiger partial charge in [0.15, 0.2) is 11.6 Å². The Morgan fingerprint density at radius 2 is 0.581 bits per heavy atom. The molecule has 28 aromatic rings. The van der Waals surface area contributed by atoms with Crippen LogP contribution in [0.2, 0.25) is 0 Å². The lowest BCUT2D eigenvalue weighted by atomic mass is 10.0. The second-order valence-corrected chi connectivity index (χ2v) is 36.5. The molecule has 28 rings (SSSR count). The molecule has 0 aliphatic carbocycles. The Labute approximate surface area is 796 Å². The van der Waals surface area contributed by atoms with Crippen LogP contribution < -0.4 is 0 Å². The van der Waals surface area contributed by atoms with Crippen molar-refractivity contribution in [2.24, 2.45) is 0 Å². The lowest BCUT2D eigenvalue weighted by Gasteiger charge is -2.12. The Morgan fingerprint density at radius 3 is 1.02 bits per heavy atom. The zero-order valence-electron chi connectivity index (χ0n) is 72.7. The molecule has 0 aliphatic rings. The average Bonchev–Trinajstić information content (AvgIpc) is 1.58. The number of para-hydroxylation sites is 4. The molecule has 0 saturated heterocycles. The van der Waals surface area contributed by atoms with Crippen molar-refractivity contribution in [2.45, 2.75) is 0 Å². The highest BCUT2D eigenvalue weighted by atomic mass is 32.1. The highest BCUT2D eigenvalue weighted by Crippen LogP contribution is 2.45. The summed E-state index contributed by atoms with van der Waals surface area (Å²) in [7, 11) is 0. The Balaban J connectivity index is 0.0000000957. The van der Waals surface area contributed by atoms with Gasteiger partial charge in [-0.15, -0.1) is 45.3 Å². The first-order valence-electron chi connectivity index (χ1n) is 44.7. The maximum absolute atomic E-state index is 5.09. The fourth-order valence-corrected chi connectivity index (χ4v) is 21.6. The summed E-state index contributed by atoms with van der Waals surface area (Å²) in [5.74, 6) is 2.62. The molecular weight excluding hydrogens is 1740 g/mol. The van der Waals surface area contributed by atoms with Crippen LogP contribution in [0.1, 0.15) is 0 Å². The van der Waals surface area contributed by atoms with Crippen molar-refractivity contribution in [1.82, 2.24) is 68.5 Å². The number of aromatic amines is 1. The molecule has 0 aliphatic heterocycles. The van der Waals surface area contributed by atoms with Crippen molar-refractivity contribution in [3.05, 3.63) is 453 Å². The Morgan fingerprint density at radius 1 is 0.206 bits per heavy atom. The quantitative estimate of drug-likeness (QED) is 0.132. The minimum Gasteiger partial charge on any atom is -0.354 e. The molecule has 0 saturated carbocycles. The topological polar surface area (TPSA) is 159 Å². The summed E-state index contributed by atoms with van der Waals surface area (Å²) in [6.07, 6.45) is 10.9. The number of H-pyrrole nitrogens is 1. The highest BCUT2D eigenvalue weighted by molar-refractivity contribution is 7.18. The van der Waals surface area contributed by atoms with Crippen LogP contribution in [-0.4, -0.2) is 68.5 Å². The standard InChI is InChI=1S/C30H19N3S.2C29H18N4S.C16H12N2.C14H9NS/c1-3-9-20(10-4-1)24-19-25(21-11-5-2-6-12-21)32-30(31-24)33-26-14-8-7-13-22(26)29-23-17-18-34-28(23)16-15-27(29)33;1-3-9-19(10-4-1)27-30-28(20-11-5-2-6-12-20)32-29(31-27)33-23-14-8-7-13-21(23)26-22-17-18-34-25(22)16-15-24(26)33;1-2-10-26-20(7-1)29-21-13-16-34-28(21)12-11-27(29)33(26)19-17-24(22-8-3-5-14-30-22)32-25(18-19)23-9-4-6-15-31-23;1-4-13(15-6-2-8-17-11-15)10-14(5-1)16-7-3-9-18-12-16;1-2-4-11-9(3-1)14-10-7-8-16-13(10)6-5-12(14)15-11/h1-19H;2*1-18H;1-12H;1-8,15H. The van der Waals surface area contributed by atoms with Gasteiger partial charge in [-0.3, -0.25) is 29.1 Å². The summed E-state index contributed by atoms with van der Waals surface area (Å²) < 4.78 is 11.9. The third-order valence-corrected chi connectivity index (χ3v) is 28.2. The number of benzene rings is 13. The number of nitrogens with zero attached hydrogens (tertiary/aromatic N) is 13.